The third kappa shape index (κ3) is 6.33. The van der Waals surface area contributed by atoms with Crippen LogP contribution in [0.3, 0.4) is 0 Å². The minimum Gasteiger partial charge on any atom is -0.464 e. The Balaban J connectivity index is 0. The molecule has 0 spiro atoms. The topological polar surface area (TPSA) is 52.3 Å². The summed E-state index contributed by atoms with van der Waals surface area (Å²) >= 11 is 0. The van der Waals surface area contributed by atoms with Crippen LogP contribution < -0.4 is 5.73 Å². The van der Waals surface area contributed by atoms with E-state index >= 15 is 0 Å². The second kappa shape index (κ2) is 9.91. The van der Waals surface area contributed by atoms with E-state index in [1.54, 1.807) is 0 Å². The van der Waals surface area contributed by atoms with Gasteiger partial charge in [-0.15, -0.1) is 12.4 Å². The van der Waals surface area contributed by atoms with E-state index in [1.807, 2.05) is 13.8 Å². The molecule has 0 unspecified atom stereocenters. The molecule has 3 nitrogen and oxygen atoms in total. The Morgan fingerprint density at radius 3 is 2.12 bits per heavy atom. The average molecular weight is 252 g/mol. The normalized spacial score (nSPS) is 10.8. The highest BCUT2D eigenvalue weighted by Gasteiger charge is 2.31. The molecule has 0 aromatic rings. The molecule has 16 heavy (non-hydrogen) atoms. The van der Waals surface area contributed by atoms with Gasteiger partial charge >= 0.3 is 5.97 Å². The minimum atomic E-state index is -0.773. The second-order valence-electron chi connectivity index (χ2n) is 4.06. The summed E-state index contributed by atoms with van der Waals surface area (Å²) in [7, 11) is 0. The molecule has 0 aliphatic rings. The van der Waals surface area contributed by atoms with Crippen LogP contribution in [0, 0.1) is 0 Å². The van der Waals surface area contributed by atoms with Gasteiger partial charge in [-0.05, 0) is 19.3 Å². The zero-order valence-corrected chi connectivity index (χ0v) is 11.6. The van der Waals surface area contributed by atoms with Crippen LogP contribution in [0.25, 0.3) is 0 Å². The van der Waals surface area contributed by atoms with Crippen molar-refractivity contribution in [3.05, 3.63) is 0 Å². The molecule has 2 N–H and O–H groups in total. The van der Waals surface area contributed by atoms with Crippen molar-refractivity contribution in [1.29, 1.82) is 0 Å². The summed E-state index contributed by atoms with van der Waals surface area (Å²) in [4.78, 5) is 11.6. The lowest BCUT2D eigenvalue weighted by molar-refractivity contribution is -0.150. The van der Waals surface area contributed by atoms with Crippen LogP contribution in [-0.4, -0.2) is 18.1 Å². The molecule has 0 saturated heterocycles. The zero-order valence-electron chi connectivity index (χ0n) is 10.8. The van der Waals surface area contributed by atoms with Crippen molar-refractivity contribution < 1.29 is 9.53 Å². The van der Waals surface area contributed by atoms with Crippen LogP contribution >= 0.6 is 12.4 Å². The monoisotopic (exact) mass is 251 g/mol. The number of carbonyl (C=O) groups is 1. The standard InChI is InChI=1S/C12H25NO2.ClH/c1-4-7-8-9-10-15-11(14)12(13,5-2)6-3;/h4-10,13H2,1-3H3;1H. The van der Waals surface area contributed by atoms with E-state index < -0.39 is 5.54 Å². The second-order valence-corrected chi connectivity index (χ2v) is 4.06. The highest BCUT2D eigenvalue weighted by molar-refractivity contribution is 5.85. The van der Waals surface area contributed by atoms with E-state index in [1.165, 1.54) is 12.8 Å². The minimum absolute atomic E-state index is 0. The number of esters is 1. The summed E-state index contributed by atoms with van der Waals surface area (Å²) in [6, 6.07) is 0. The highest BCUT2D eigenvalue weighted by Crippen LogP contribution is 2.13. The third-order valence-electron chi connectivity index (χ3n) is 2.90. The Hall–Kier alpha value is -0.280. The Morgan fingerprint density at radius 1 is 1.12 bits per heavy atom. The zero-order chi connectivity index (χ0) is 11.7. The van der Waals surface area contributed by atoms with Crippen molar-refractivity contribution in [2.45, 2.75) is 64.8 Å². The molecule has 0 aromatic heterocycles. The molecular formula is C12H26ClNO2. The van der Waals surface area contributed by atoms with Gasteiger partial charge in [-0.1, -0.05) is 40.0 Å². The van der Waals surface area contributed by atoms with E-state index in [0.29, 0.717) is 19.4 Å². The molecule has 4 heteroatoms. The Bertz CT molecular complexity index is 182. The van der Waals surface area contributed by atoms with Crippen LogP contribution in [0.2, 0.25) is 0 Å². The molecule has 0 amide bonds. The molecule has 0 aromatic carbocycles. The van der Waals surface area contributed by atoms with Gasteiger partial charge in [0.05, 0.1) is 6.61 Å². The number of unbranched alkanes of at least 4 members (excludes halogenated alkanes) is 3. The van der Waals surface area contributed by atoms with Gasteiger partial charge in [0.15, 0.2) is 0 Å². The van der Waals surface area contributed by atoms with Crippen molar-refractivity contribution in [3.8, 4) is 0 Å². The van der Waals surface area contributed by atoms with E-state index in [-0.39, 0.29) is 18.4 Å². The van der Waals surface area contributed by atoms with Gasteiger partial charge in [-0.25, -0.2) is 0 Å². The molecule has 98 valence electrons. The maximum Gasteiger partial charge on any atom is 0.326 e. The summed E-state index contributed by atoms with van der Waals surface area (Å²) in [6.07, 6.45) is 5.74. The first kappa shape index (κ1) is 18.1. The van der Waals surface area contributed by atoms with Crippen LogP contribution in [0.4, 0.5) is 0 Å². The van der Waals surface area contributed by atoms with E-state index in [9.17, 15) is 4.79 Å². The van der Waals surface area contributed by atoms with Crippen molar-refractivity contribution in [3.63, 3.8) is 0 Å². The molecule has 0 aliphatic heterocycles. The summed E-state index contributed by atoms with van der Waals surface area (Å²) in [5, 5.41) is 0. The number of ether oxygens (including phenoxy) is 1. The molecular weight excluding hydrogens is 226 g/mol. The lowest BCUT2D eigenvalue weighted by Gasteiger charge is -2.23. The van der Waals surface area contributed by atoms with Gasteiger partial charge < -0.3 is 10.5 Å². The van der Waals surface area contributed by atoms with Gasteiger partial charge in [-0.3, -0.25) is 4.79 Å². The number of nitrogens with two attached hydrogens (primary N) is 1. The summed E-state index contributed by atoms with van der Waals surface area (Å²) in [5.74, 6) is -0.246. The molecule has 0 radical (unpaired) electrons. The fraction of sp³-hybridized carbons (Fsp3) is 0.917. The van der Waals surface area contributed by atoms with E-state index in [2.05, 4.69) is 6.92 Å². The van der Waals surface area contributed by atoms with Crippen LogP contribution in [0.5, 0.6) is 0 Å². The first-order chi connectivity index (χ1) is 7.10. The van der Waals surface area contributed by atoms with Gasteiger partial charge in [0.1, 0.15) is 5.54 Å². The quantitative estimate of drug-likeness (QED) is 0.533. The number of rotatable bonds is 8. The summed E-state index contributed by atoms with van der Waals surface area (Å²) < 4.78 is 5.17. The van der Waals surface area contributed by atoms with Crippen LogP contribution in [0.15, 0.2) is 0 Å². The van der Waals surface area contributed by atoms with Gasteiger partial charge in [0.2, 0.25) is 0 Å². The van der Waals surface area contributed by atoms with Crippen molar-refractivity contribution >= 4 is 18.4 Å². The highest BCUT2D eigenvalue weighted by atomic mass is 35.5. The largest absolute Gasteiger partial charge is 0.464 e. The van der Waals surface area contributed by atoms with Crippen LogP contribution in [0.1, 0.15) is 59.3 Å². The molecule has 0 fully saturated rings. The number of halogens is 1. The smallest absolute Gasteiger partial charge is 0.326 e. The Kier molecular flexibility index (Phi) is 11.2. The van der Waals surface area contributed by atoms with E-state index in [4.69, 9.17) is 10.5 Å². The summed E-state index contributed by atoms with van der Waals surface area (Å²) in [6.45, 7) is 6.51. The average Bonchev–Trinajstić information content (AvgIpc) is 2.27. The van der Waals surface area contributed by atoms with Gasteiger partial charge in [0.25, 0.3) is 0 Å². The SMILES string of the molecule is CCCCCCOC(=O)C(N)(CC)CC.Cl. The molecule has 0 heterocycles. The van der Waals surface area contributed by atoms with Crippen molar-refractivity contribution in [1.82, 2.24) is 0 Å². The Morgan fingerprint density at radius 2 is 1.69 bits per heavy atom. The van der Waals surface area contributed by atoms with Gasteiger partial charge in [-0.2, -0.15) is 0 Å². The maximum absolute atomic E-state index is 11.6. The molecule has 0 rings (SSSR count). The number of carbonyl (C=O) groups excluding carboxylic acids is 1. The first-order valence-electron chi connectivity index (χ1n) is 6.06. The third-order valence-corrected chi connectivity index (χ3v) is 2.90. The van der Waals surface area contributed by atoms with Crippen molar-refractivity contribution in [2.24, 2.45) is 5.73 Å². The number of hydrogen-bond donors (Lipinski definition) is 1. The van der Waals surface area contributed by atoms with Gasteiger partial charge in [0, 0.05) is 0 Å². The number of hydrogen-bond acceptors (Lipinski definition) is 3. The Labute approximate surface area is 106 Å². The predicted octanol–water partition coefficient (Wildman–Crippen LogP) is 3.05. The maximum atomic E-state index is 11.6. The lowest BCUT2D eigenvalue weighted by atomic mass is 9.95. The first-order valence-corrected chi connectivity index (χ1v) is 6.06. The molecule has 0 atom stereocenters. The predicted molar refractivity (Wildman–Crippen MR) is 69.8 cm³/mol. The van der Waals surface area contributed by atoms with Crippen LogP contribution in [-0.2, 0) is 9.53 Å². The molecule has 0 bridgehead atoms. The van der Waals surface area contributed by atoms with Crippen molar-refractivity contribution in [2.75, 3.05) is 6.61 Å². The molecule has 0 saturated carbocycles. The fourth-order valence-corrected chi connectivity index (χ4v) is 1.38. The molecule has 0 aliphatic carbocycles. The lowest BCUT2D eigenvalue weighted by Crippen LogP contribution is -2.48. The summed E-state index contributed by atoms with van der Waals surface area (Å²) in [5.41, 5.74) is 5.13. The fourth-order valence-electron chi connectivity index (χ4n) is 1.38. The van der Waals surface area contributed by atoms with E-state index in [0.717, 1.165) is 12.8 Å².